The molecule has 0 N–H and O–H groups in total. The lowest BCUT2D eigenvalue weighted by Crippen LogP contribution is -2.19. The number of hydrogen-bond acceptors (Lipinski definition) is 3. The summed E-state index contributed by atoms with van der Waals surface area (Å²) in [5.41, 5.74) is 5.83. The van der Waals surface area contributed by atoms with Crippen molar-refractivity contribution >= 4 is 11.9 Å². The minimum Gasteiger partial charge on any atom is -0.300 e. The number of ketones is 1. The molecular weight excluding hydrogens is 356 g/mol. The van der Waals surface area contributed by atoms with Crippen molar-refractivity contribution in [2.45, 2.75) is 63.7 Å². The number of nitrogens with zero attached hydrogens (tertiary/aromatic N) is 2. The molecule has 0 amide bonds. The first-order valence-corrected chi connectivity index (χ1v) is 10.9. The average Bonchev–Trinajstić information content (AvgIpc) is 2.78. The molecule has 0 aliphatic heterocycles. The molecule has 1 fully saturated rings. The number of carbonyl (C=O) groups excluding carboxylic acids is 1. The topological polar surface area (TPSA) is 53.8 Å². The van der Waals surface area contributed by atoms with E-state index in [2.05, 4.69) is 24.3 Å². The van der Waals surface area contributed by atoms with E-state index < -0.39 is 0 Å². The second-order valence-corrected chi connectivity index (χ2v) is 8.49. The van der Waals surface area contributed by atoms with Gasteiger partial charge in [0.2, 0.25) is 0 Å². The number of aromatic nitrogens is 1. The van der Waals surface area contributed by atoms with Crippen molar-refractivity contribution in [3.05, 3.63) is 70.6 Å². The zero-order valence-electron chi connectivity index (χ0n) is 16.9. The molecule has 29 heavy (non-hydrogen) atoms. The maximum absolute atomic E-state index is 12.6. The lowest BCUT2D eigenvalue weighted by atomic mass is 9.75. The first-order chi connectivity index (χ1) is 14.2. The maximum atomic E-state index is 12.6. The van der Waals surface area contributed by atoms with E-state index in [-0.39, 0.29) is 4.28 Å². The van der Waals surface area contributed by atoms with Gasteiger partial charge in [-0.1, -0.05) is 30.7 Å². The summed E-state index contributed by atoms with van der Waals surface area (Å²) < 4.78 is 0. The molecule has 154 valence electrons. The van der Waals surface area contributed by atoms with E-state index in [1.54, 1.807) is 0 Å². The first-order valence-electron chi connectivity index (χ1n) is 10.9. The Kier molecular flexibility index (Phi) is 6.20. The van der Waals surface area contributed by atoms with Crippen molar-refractivity contribution in [2.24, 2.45) is 5.92 Å². The summed E-state index contributed by atoms with van der Waals surface area (Å²) in [5.74, 6) is 1.33. The Morgan fingerprint density at radius 3 is 2.90 bits per heavy atom. The minimum atomic E-state index is 0. The van der Waals surface area contributed by atoms with Gasteiger partial charge in [0.15, 0.2) is 0 Å². The zero-order chi connectivity index (χ0) is 20.1. The molecule has 1 unspecified atom stereocenters. The summed E-state index contributed by atoms with van der Waals surface area (Å²) in [5, 5.41) is 8.89. The number of rotatable bonds is 6. The third kappa shape index (κ3) is 4.82. The highest BCUT2D eigenvalue weighted by Gasteiger charge is 2.27. The van der Waals surface area contributed by atoms with Crippen molar-refractivity contribution in [1.29, 1.82) is 5.26 Å². The van der Waals surface area contributed by atoms with Gasteiger partial charge in [-0.15, -0.1) is 0 Å². The Morgan fingerprint density at radius 1 is 1.21 bits per heavy atom. The predicted molar refractivity (Wildman–Crippen MR) is 122 cm³/mol. The van der Waals surface area contributed by atoms with Gasteiger partial charge >= 0.3 is 0 Å². The number of carbonyl (C=O) groups is 1. The van der Waals surface area contributed by atoms with Crippen LogP contribution in [0.1, 0.15) is 83.1 Å². The van der Waals surface area contributed by atoms with E-state index >= 15 is 0 Å². The van der Waals surface area contributed by atoms with Crippen molar-refractivity contribution < 1.29 is 9.07 Å². The van der Waals surface area contributed by atoms with E-state index in [1.165, 1.54) is 29.7 Å². The zero-order valence-corrected chi connectivity index (χ0v) is 16.9. The molecular formula is C26H34N2O. The molecule has 3 heteroatoms. The maximum Gasteiger partial charge on any atom is 0.133 e. The monoisotopic (exact) mass is 390 g/mol. The van der Waals surface area contributed by atoms with Crippen LogP contribution < -0.4 is 0 Å². The molecule has 1 saturated carbocycles. The van der Waals surface area contributed by atoms with Crippen molar-refractivity contribution in [3.8, 4) is 6.07 Å². The Hall–Kier alpha value is -2.73. The van der Waals surface area contributed by atoms with Crippen LogP contribution in [0.2, 0.25) is 0 Å². The number of Topliss-reactive ketones (excluding diaryl/α,β-unsaturated/α-hetero) is 1. The summed E-state index contributed by atoms with van der Waals surface area (Å²) in [6.45, 7) is 0. The molecule has 3 nitrogen and oxygen atoms in total. The van der Waals surface area contributed by atoms with Crippen LogP contribution in [0.4, 0.5) is 0 Å². The highest BCUT2D eigenvalue weighted by Crippen LogP contribution is 2.39. The third-order valence-electron chi connectivity index (χ3n) is 6.44. The second kappa shape index (κ2) is 9.18. The highest BCUT2D eigenvalue weighted by molar-refractivity contribution is 5.78. The normalized spacial score (nSPS) is 20.7. The van der Waals surface area contributed by atoms with Gasteiger partial charge in [0.1, 0.15) is 5.78 Å². The smallest absolute Gasteiger partial charge is 0.133 e. The summed E-state index contributed by atoms with van der Waals surface area (Å²) in [4.78, 5) is 17.4. The summed E-state index contributed by atoms with van der Waals surface area (Å²) in [6.07, 6.45) is 15.4. The van der Waals surface area contributed by atoms with Gasteiger partial charge in [-0.05, 0) is 79.3 Å². The van der Waals surface area contributed by atoms with Crippen LogP contribution in [-0.2, 0) is 17.6 Å². The Morgan fingerprint density at radius 2 is 2.07 bits per heavy atom. The van der Waals surface area contributed by atoms with Gasteiger partial charge in [0.05, 0.1) is 17.3 Å². The number of fused-ring (bicyclic) bond motifs is 1. The number of hydrogen-bond donors (Lipinski definition) is 0. The van der Waals surface area contributed by atoms with Crippen molar-refractivity contribution in [3.63, 3.8) is 0 Å². The molecule has 0 spiro atoms. The van der Waals surface area contributed by atoms with Crippen molar-refractivity contribution in [1.82, 2.24) is 4.98 Å². The van der Waals surface area contributed by atoms with E-state index in [9.17, 15) is 4.79 Å². The molecule has 4 rings (SSSR count). The van der Waals surface area contributed by atoms with Crippen LogP contribution in [0, 0.1) is 17.2 Å². The molecule has 0 radical (unpaired) electrons. The molecule has 0 bridgehead atoms. The minimum absolute atomic E-state index is 0. The summed E-state index contributed by atoms with van der Waals surface area (Å²) >= 11 is 0. The number of pyridine rings is 1. The standard InChI is InChI=1S/C26H28N2O.3H2/c27-18-20-10-8-19(9-11-20)12-13-24(29)17-21-4-3-6-23(16-21)26-25-7-2-1-5-22(25)14-15-28-26;;;/h2,7-11,14-15,21,23H,1,3-6,12-13,16-17H2;3*1H/t21-,23?;;;/m1.../s1. The first kappa shape index (κ1) is 19.6. The SMILES string of the molecule is N#Cc1ccc(CCC(=O)C[C@@H]2CCCC(c3nccc4c3C=CCC4)C2)cc1.[HH].[HH].[HH]. The van der Waals surface area contributed by atoms with E-state index in [0.717, 1.165) is 37.7 Å². The molecule has 2 aliphatic carbocycles. The van der Waals surface area contributed by atoms with Crippen LogP contribution >= 0.6 is 0 Å². The molecule has 1 heterocycles. The average molecular weight is 391 g/mol. The van der Waals surface area contributed by atoms with Gasteiger partial charge in [0.25, 0.3) is 0 Å². The molecule has 2 aliphatic rings. The Balaban J connectivity index is 0.00000171. The van der Waals surface area contributed by atoms with Gasteiger partial charge in [-0.3, -0.25) is 9.78 Å². The van der Waals surface area contributed by atoms with Gasteiger partial charge in [-0.25, -0.2) is 0 Å². The van der Waals surface area contributed by atoms with Gasteiger partial charge in [0, 0.05) is 29.2 Å². The third-order valence-corrected chi connectivity index (χ3v) is 6.44. The molecule has 2 aromatic rings. The second-order valence-electron chi connectivity index (χ2n) is 8.49. The Labute approximate surface area is 177 Å². The van der Waals surface area contributed by atoms with Crippen LogP contribution in [0.3, 0.4) is 0 Å². The largest absolute Gasteiger partial charge is 0.300 e. The highest BCUT2D eigenvalue weighted by atomic mass is 16.1. The summed E-state index contributed by atoms with van der Waals surface area (Å²) in [6, 6.07) is 11.9. The number of allylic oxidation sites excluding steroid dienone is 1. The quantitative estimate of drug-likeness (QED) is 0.564. The number of aryl methyl sites for hydroxylation is 2. The van der Waals surface area contributed by atoms with Crippen LogP contribution in [0.5, 0.6) is 0 Å². The molecule has 0 saturated heterocycles. The van der Waals surface area contributed by atoms with Crippen molar-refractivity contribution in [2.75, 3.05) is 0 Å². The fourth-order valence-electron chi connectivity index (χ4n) is 4.89. The fraction of sp³-hybridized carbons (Fsp3) is 0.423. The van der Waals surface area contributed by atoms with Gasteiger partial charge < -0.3 is 0 Å². The Bertz CT molecular complexity index is 951. The molecule has 2 atom stereocenters. The van der Waals surface area contributed by atoms with E-state index in [4.69, 9.17) is 10.2 Å². The lowest BCUT2D eigenvalue weighted by molar-refractivity contribution is -0.120. The number of nitriles is 1. The van der Waals surface area contributed by atoms with Gasteiger partial charge in [-0.2, -0.15) is 5.26 Å². The predicted octanol–water partition coefficient (Wildman–Crippen LogP) is 6.52. The fourth-order valence-corrected chi connectivity index (χ4v) is 4.89. The van der Waals surface area contributed by atoms with Crippen LogP contribution in [0.25, 0.3) is 6.08 Å². The summed E-state index contributed by atoms with van der Waals surface area (Å²) in [7, 11) is 0. The molecule has 1 aromatic carbocycles. The van der Waals surface area contributed by atoms with E-state index in [0.29, 0.717) is 36.0 Å². The molecule has 1 aromatic heterocycles. The number of benzene rings is 1. The lowest BCUT2D eigenvalue weighted by Gasteiger charge is -2.30. The van der Waals surface area contributed by atoms with Crippen LogP contribution in [0.15, 0.2) is 42.6 Å². The van der Waals surface area contributed by atoms with E-state index in [1.807, 2.05) is 30.5 Å². The van der Waals surface area contributed by atoms with Crippen LogP contribution in [-0.4, -0.2) is 10.8 Å².